The molecule has 0 aromatic heterocycles. The van der Waals surface area contributed by atoms with Crippen LogP contribution in [0.2, 0.25) is 10.0 Å². The number of alkyl halides is 2. The van der Waals surface area contributed by atoms with Crippen LogP contribution in [-0.4, -0.2) is 156 Å². The smallest absolute Gasteiger partial charge is 0.409 e. The number of methoxy groups -OCH3 is 1. The van der Waals surface area contributed by atoms with E-state index in [4.69, 9.17) is 52.6 Å². The number of likely N-dealkylation sites (N-methyl/N-ethyl adjacent to an activating group) is 1. The SMILES string of the molecule is CO[C@@H]1/C=C/C=C(\C)Cc2cc(C)c(Cl)c(c2)N(C)C(=O)C[C@H](OC(=O)[C@H](C)N(C)C(=O)c2ccc(CC(=O)[C@H](CCCNC(N)=O)NC(=O)[C@@H](CC(=O)CCCCCOC(=O)C(CBr)CBr)C(C)C)cc2Cl)[C@]2(C)O[C@H]2[C@H](C)[C@@H]2C[C@@]1(O)NC(=O)O2. The normalized spacial score (nSPS) is 24.2. The number of allylic oxidation sites excluding steroid dienone is 3. The lowest BCUT2D eigenvalue weighted by Gasteiger charge is -2.42. The molecule has 87 heavy (non-hydrogen) atoms. The molecule has 0 aliphatic carbocycles. The summed E-state index contributed by atoms with van der Waals surface area (Å²) >= 11 is 20.2. The summed E-state index contributed by atoms with van der Waals surface area (Å²) in [7, 11) is 4.35. The van der Waals surface area contributed by atoms with E-state index in [2.05, 4.69) is 47.8 Å². The molecule has 3 aliphatic rings. The zero-order valence-electron chi connectivity index (χ0n) is 51.1. The van der Waals surface area contributed by atoms with Gasteiger partial charge in [0.15, 0.2) is 11.5 Å². The molecule has 25 heteroatoms. The van der Waals surface area contributed by atoms with E-state index in [1.807, 2.05) is 45.9 Å². The Bertz CT molecular complexity index is 2910. The summed E-state index contributed by atoms with van der Waals surface area (Å²) in [5, 5.41) is 21.0. The van der Waals surface area contributed by atoms with Gasteiger partial charge in [-0.1, -0.05) is 112 Å². The average Bonchev–Trinajstić information content (AvgIpc) is 1.59. The third-order valence-electron chi connectivity index (χ3n) is 16.4. The average molecular weight is 1380 g/mol. The van der Waals surface area contributed by atoms with Crippen LogP contribution in [-0.2, 0) is 65.3 Å². The first-order valence-electron chi connectivity index (χ1n) is 29.2. The van der Waals surface area contributed by atoms with Crippen LogP contribution in [0.5, 0.6) is 0 Å². The van der Waals surface area contributed by atoms with Crippen molar-refractivity contribution < 1.29 is 71.9 Å². The molecule has 2 aromatic carbocycles. The van der Waals surface area contributed by atoms with Crippen molar-refractivity contribution >= 4 is 114 Å². The molecule has 5 rings (SSSR count). The Balaban J connectivity index is 1.31. The minimum absolute atomic E-state index is 0.0168. The van der Waals surface area contributed by atoms with Crippen molar-refractivity contribution in [2.24, 2.45) is 29.4 Å². The van der Waals surface area contributed by atoms with Crippen LogP contribution in [0.15, 0.2) is 54.1 Å². The molecule has 4 bridgehead atoms. The molecule has 6 amide bonds. The molecule has 3 aliphatic heterocycles. The van der Waals surface area contributed by atoms with Gasteiger partial charge in [0.2, 0.25) is 11.8 Å². The number of benzene rings is 2. The number of carbonyl (C=O) groups is 9. The molecule has 3 heterocycles. The van der Waals surface area contributed by atoms with Gasteiger partial charge in [-0.25, -0.2) is 14.4 Å². The molecule has 0 radical (unpaired) electrons. The zero-order chi connectivity index (χ0) is 64.7. The fourth-order valence-electron chi connectivity index (χ4n) is 10.7. The van der Waals surface area contributed by atoms with Crippen LogP contribution in [0.25, 0.3) is 0 Å². The Morgan fingerprint density at radius 2 is 1.70 bits per heavy atom. The minimum Gasteiger partial charge on any atom is -0.465 e. The number of ketones is 2. The molecule has 0 saturated carbocycles. The lowest BCUT2D eigenvalue weighted by molar-refractivity contribution is -0.158. The van der Waals surface area contributed by atoms with E-state index in [1.165, 1.54) is 44.2 Å². The van der Waals surface area contributed by atoms with Crippen molar-refractivity contribution in [1.82, 2.24) is 20.9 Å². The Labute approximate surface area is 536 Å². The minimum atomic E-state index is -1.90. The van der Waals surface area contributed by atoms with Crippen molar-refractivity contribution in [3.05, 3.63) is 86.4 Å². The highest BCUT2D eigenvalue weighted by molar-refractivity contribution is 9.09. The number of halogens is 4. The van der Waals surface area contributed by atoms with Crippen LogP contribution in [0.3, 0.4) is 0 Å². The Morgan fingerprint density at radius 1 is 1.00 bits per heavy atom. The number of esters is 2. The van der Waals surface area contributed by atoms with Crippen molar-refractivity contribution in [2.45, 2.75) is 167 Å². The van der Waals surface area contributed by atoms with Gasteiger partial charge in [0, 0.05) is 75.9 Å². The molecule has 0 spiro atoms. The number of nitrogens with two attached hydrogens (primary N) is 1. The molecule has 2 fully saturated rings. The summed E-state index contributed by atoms with van der Waals surface area (Å²) in [6, 6.07) is 5.02. The number of primary amides is 1. The van der Waals surface area contributed by atoms with Gasteiger partial charge < -0.3 is 55.0 Å². The van der Waals surface area contributed by atoms with E-state index in [9.17, 15) is 48.3 Å². The fraction of sp³-hybridized carbons (Fsp3) is 0.597. The van der Waals surface area contributed by atoms with Gasteiger partial charge in [-0.05, 0) is 107 Å². The van der Waals surface area contributed by atoms with Crippen molar-refractivity contribution in [2.75, 3.05) is 49.9 Å². The second kappa shape index (κ2) is 32.9. The third kappa shape index (κ3) is 19.8. The van der Waals surface area contributed by atoms with Gasteiger partial charge in [0.25, 0.3) is 5.91 Å². The zero-order valence-corrected chi connectivity index (χ0v) is 55.8. The number of rotatable bonds is 26. The molecular formula is C62H84Br2Cl2N6O15. The maximum atomic E-state index is 14.5. The second-order valence-electron chi connectivity index (χ2n) is 23.5. The number of carbonyl (C=O) groups excluding carboxylic acids is 9. The second-order valence-corrected chi connectivity index (χ2v) is 25.5. The van der Waals surface area contributed by atoms with Crippen LogP contribution >= 0.6 is 55.1 Å². The lowest BCUT2D eigenvalue weighted by Crippen LogP contribution is -2.63. The summed E-state index contributed by atoms with van der Waals surface area (Å²) in [5.74, 6) is -5.33. The van der Waals surface area contributed by atoms with E-state index in [-0.39, 0.29) is 85.9 Å². The molecule has 0 unspecified atom stereocenters. The first-order valence-corrected chi connectivity index (χ1v) is 32.2. The summed E-state index contributed by atoms with van der Waals surface area (Å²) in [6.45, 7) is 12.6. The number of aliphatic hydroxyl groups is 1. The number of nitrogens with zero attached hydrogens (tertiary/aromatic N) is 2. The number of hydrogen-bond acceptors (Lipinski definition) is 15. The van der Waals surface area contributed by atoms with Gasteiger partial charge in [-0.2, -0.15) is 0 Å². The van der Waals surface area contributed by atoms with Crippen molar-refractivity contribution in [3.63, 3.8) is 0 Å². The molecular weight excluding hydrogens is 1300 g/mol. The summed E-state index contributed by atoms with van der Waals surface area (Å²) < 4.78 is 29.3. The predicted octanol–water partition coefficient (Wildman–Crippen LogP) is 8.57. The molecule has 2 saturated heterocycles. The molecule has 480 valence electrons. The summed E-state index contributed by atoms with van der Waals surface area (Å²) in [4.78, 5) is 124. The number of urea groups is 1. The number of fused-ring (bicyclic) bond motifs is 5. The number of unbranched alkanes of at least 4 members (excludes halogenated alkanes) is 2. The van der Waals surface area contributed by atoms with Crippen molar-refractivity contribution in [1.29, 1.82) is 0 Å². The van der Waals surface area contributed by atoms with Gasteiger partial charge in [0.1, 0.15) is 35.7 Å². The first kappa shape index (κ1) is 72.3. The van der Waals surface area contributed by atoms with Gasteiger partial charge >= 0.3 is 24.1 Å². The van der Waals surface area contributed by atoms with Gasteiger partial charge in [-0.15, -0.1) is 0 Å². The van der Waals surface area contributed by atoms with Crippen LogP contribution in [0.4, 0.5) is 15.3 Å². The molecule has 2 aromatic rings. The van der Waals surface area contributed by atoms with E-state index in [0.717, 1.165) is 21.6 Å². The number of aryl methyl sites for hydroxylation is 1. The van der Waals surface area contributed by atoms with E-state index in [0.29, 0.717) is 52.6 Å². The molecule has 21 nitrogen and oxygen atoms in total. The highest BCUT2D eigenvalue weighted by Gasteiger charge is 2.64. The highest BCUT2D eigenvalue weighted by Crippen LogP contribution is 2.49. The maximum absolute atomic E-state index is 14.5. The Hall–Kier alpha value is -5.43. The number of anilines is 1. The van der Waals surface area contributed by atoms with E-state index in [1.54, 1.807) is 33.0 Å². The quantitative estimate of drug-likeness (QED) is 0.0194. The van der Waals surface area contributed by atoms with Crippen LogP contribution < -0.4 is 26.6 Å². The number of epoxide rings is 1. The highest BCUT2D eigenvalue weighted by atomic mass is 79.9. The largest absolute Gasteiger partial charge is 0.465 e. The number of alkyl carbamates (subject to hydrolysis) is 1. The summed E-state index contributed by atoms with van der Waals surface area (Å²) in [6.07, 6.45) is 2.37. The van der Waals surface area contributed by atoms with Gasteiger partial charge in [0.05, 0.1) is 52.4 Å². The predicted molar refractivity (Wildman–Crippen MR) is 336 cm³/mol. The maximum Gasteiger partial charge on any atom is 0.409 e. The first-order chi connectivity index (χ1) is 41.0. The number of nitrogens with one attached hydrogen (secondary N) is 3. The van der Waals surface area contributed by atoms with Gasteiger partial charge in [-0.3, -0.25) is 34.1 Å². The number of hydrogen-bond donors (Lipinski definition) is 5. The standard InChI is InChI=1S/C62H84Br2Cl2N6O15/c1-34(2)44(29-42(73)17-12-11-13-23-84-58(79)41(32-63)33-64)55(76)69-46(18-15-22-68-59(67)80)48(74)28-39-20-21-43(45(65)26-39)56(77)71(8)38(6)57(78)86-51-30-52(75)72(9)47-27-40(25-36(4)53(47)66)24-35(3)16-14-19-50(83-10)62(82)31-49(85-60(81)70-62)37(5)54-61(51,7)87-54/h14,16,19-21,25-27,34,37-38,41,44,46,49-51,54,82H,11-13,15,17-18,22-24,28-33H2,1-10H3,(H,69,76)(H,70,81)(H3,67,68,80)/b19-14+,35-16+/t37-,38+,44+,46+,49+,50-,51+,54+,61+,62+/m1/s1. The van der Waals surface area contributed by atoms with Crippen LogP contribution in [0, 0.1) is 30.6 Å². The molecule has 10 atom stereocenters. The third-order valence-corrected chi connectivity index (χ3v) is 18.8. The monoisotopic (exact) mass is 1380 g/mol. The number of amides is 6. The summed E-state index contributed by atoms with van der Waals surface area (Å²) in [5.41, 5.74) is 5.30. The fourth-order valence-corrected chi connectivity index (χ4v) is 12.8. The number of Topliss-reactive ketones (excluding diaryl/α,β-unsaturated/α-hetero) is 2. The van der Waals surface area contributed by atoms with Crippen molar-refractivity contribution in [3.8, 4) is 0 Å². The van der Waals surface area contributed by atoms with E-state index < -0.39 is 108 Å². The number of ether oxygens (including phenoxy) is 5. The van der Waals surface area contributed by atoms with E-state index >= 15 is 0 Å². The topological polar surface area (TPSA) is 292 Å². The van der Waals surface area contributed by atoms with Crippen LogP contribution in [0.1, 0.15) is 126 Å². The Morgan fingerprint density at radius 3 is 2.34 bits per heavy atom. The Kier molecular flexibility index (Phi) is 27.3. The molecule has 6 N–H and O–H groups in total. The lowest BCUT2D eigenvalue weighted by atomic mass is 9.83.